The van der Waals surface area contributed by atoms with Gasteiger partial charge in [0.25, 0.3) is 0 Å². The minimum atomic E-state index is -1.31. The number of aliphatic carboxylic acids is 1. The smallest absolute Gasteiger partial charge is 0.326 e. The third-order valence-corrected chi connectivity index (χ3v) is 5.51. The third kappa shape index (κ3) is 8.36. The summed E-state index contributed by atoms with van der Waals surface area (Å²) < 4.78 is 0. The van der Waals surface area contributed by atoms with Crippen LogP contribution in [0.3, 0.4) is 0 Å². The van der Waals surface area contributed by atoms with E-state index >= 15 is 0 Å². The second-order valence-corrected chi connectivity index (χ2v) is 8.84. The number of aliphatic hydroxyl groups excluding tert-OH is 1. The molecule has 0 aliphatic carbocycles. The van der Waals surface area contributed by atoms with E-state index in [9.17, 15) is 29.4 Å². The number of aliphatic hydroxyl groups is 1. The van der Waals surface area contributed by atoms with Gasteiger partial charge in [-0.15, -0.1) is 0 Å². The van der Waals surface area contributed by atoms with Crippen LogP contribution in [0.2, 0.25) is 0 Å². The first-order valence-electron chi connectivity index (χ1n) is 11.3. The highest BCUT2D eigenvalue weighted by molar-refractivity contribution is 5.94. The average Bonchev–Trinajstić information content (AvgIpc) is 3.20. The van der Waals surface area contributed by atoms with E-state index in [1.165, 1.54) is 11.8 Å². The zero-order valence-electron chi connectivity index (χ0n) is 19.3. The summed E-state index contributed by atoms with van der Waals surface area (Å²) in [5, 5.41) is 24.5. The maximum absolute atomic E-state index is 13.1. The first-order chi connectivity index (χ1) is 15.0. The van der Waals surface area contributed by atoms with Crippen LogP contribution in [0.15, 0.2) is 0 Å². The maximum Gasteiger partial charge on any atom is 0.326 e. The molecular formula is C21H39N5O6. The summed E-state index contributed by atoms with van der Waals surface area (Å²) in [6.45, 7) is 5.87. The minimum Gasteiger partial charge on any atom is -0.480 e. The lowest BCUT2D eigenvalue weighted by Crippen LogP contribution is -2.59. The molecule has 5 atom stereocenters. The molecule has 0 saturated carbocycles. The van der Waals surface area contributed by atoms with Crippen LogP contribution >= 0.6 is 0 Å². The molecular weight excluding hydrogens is 418 g/mol. The largest absolute Gasteiger partial charge is 0.480 e. The molecule has 1 aliphatic rings. The molecule has 1 fully saturated rings. The van der Waals surface area contributed by atoms with E-state index in [0.717, 1.165) is 0 Å². The second kappa shape index (κ2) is 13.3. The lowest BCUT2D eigenvalue weighted by atomic mass is 10.0. The van der Waals surface area contributed by atoms with Crippen molar-refractivity contribution in [2.75, 3.05) is 13.1 Å². The van der Waals surface area contributed by atoms with E-state index in [-0.39, 0.29) is 12.3 Å². The molecule has 0 radical (unpaired) electrons. The molecule has 0 aromatic carbocycles. The van der Waals surface area contributed by atoms with Gasteiger partial charge in [-0.3, -0.25) is 14.4 Å². The molecule has 184 valence electrons. The van der Waals surface area contributed by atoms with Crippen molar-refractivity contribution in [1.29, 1.82) is 0 Å². The van der Waals surface area contributed by atoms with E-state index in [2.05, 4.69) is 10.6 Å². The fraction of sp³-hybridized carbons (Fsp3) is 0.810. The summed E-state index contributed by atoms with van der Waals surface area (Å²) in [5.41, 5.74) is 11.4. The Kier molecular flexibility index (Phi) is 11.6. The number of amides is 3. The predicted octanol–water partition coefficient (Wildman–Crippen LogP) is -1.09. The Labute approximate surface area is 189 Å². The number of rotatable bonds is 13. The number of hydrogen-bond acceptors (Lipinski definition) is 7. The number of carbonyl (C=O) groups excluding carboxylic acids is 3. The number of carbonyl (C=O) groups is 4. The molecule has 8 N–H and O–H groups in total. The van der Waals surface area contributed by atoms with Crippen LogP contribution in [0.5, 0.6) is 0 Å². The Morgan fingerprint density at radius 1 is 1.09 bits per heavy atom. The molecule has 3 amide bonds. The minimum absolute atomic E-state index is 0.168. The lowest BCUT2D eigenvalue weighted by molar-refractivity contribution is -0.149. The summed E-state index contributed by atoms with van der Waals surface area (Å²) >= 11 is 0. The molecule has 0 aromatic rings. The SMILES string of the molecule is CC(C)CC(N)C(=O)NC(C(=O)NC(CCCCN)C(=O)N1CCCC1C(=O)O)C(C)O. The Hall–Kier alpha value is -2.24. The van der Waals surface area contributed by atoms with Crippen LogP contribution < -0.4 is 22.1 Å². The highest BCUT2D eigenvalue weighted by atomic mass is 16.4. The molecule has 0 bridgehead atoms. The summed E-state index contributed by atoms with van der Waals surface area (Å²) in [6.07, 6.45) is 1.52. The monoisotopic (exact) mass is 457 g/mol. The fourth-order valence-electron chi connectivity index (χ4n) is 3.78. The van der Waals surface area contributed by atoms with Crippen molar-refractivity contribution in [2.24, 2.45) is 17.4 Å². The Bertz CT molecular complexity index is 657. The number of hydrogen-bond donors (Lipinski definition) is 6. The van der Waals surface area contributed by atoms with E-state index in [0.29, 0.717) is 45.2 Å². The first-order valence-corrected chi connectivity index (χ1v) is 11.3. The van der Waals surface area contributed by atoms with Crippen molar-refractivity contribution in [2.45, 2.75) is 89.6 Å². The molecule has 1 heterocycles. The van der Waals surface area contributed by atoms with Crippen LogP contribution in [0.4, 0.5) is 0 Å². The van der Waals surface area contributed by atoms with Gasteiger partial charge < -0.3 is 37.2 Å². The van der Waals surface area contributed by atoms with Gasteiger partial charge in [0.05, 0.1) is 12.1 Å². The van der Waals surface area contributed by atoms with Gasteiger partial charge in [-0.2, -0.15) is 0 Å². The lowest BCUT2D eigenvalue weighted by Gasteiger charge is -2.29. The highest BCUT2D eigenvalue weighted by Gasteiger charge is 2.38. The van der Waals surface area contributed by atoms with E-state index in [4.69, 9.17) is 11.5 Å². The maximum atomic E-state index is 13.1. The zero-order chi connectivity index (χ0) is 24.4. The van der Waals surface area contributed by atoms with Crippen LogP contribution in [-0.4, -0.2) is 82.2 Å². The molecule has 0 spiro atoms. The number of nitrogens with one attached hydrogen (secondary N) is 2. The van der Waals surface area contributed by atoms with E-state index in [1.54, 1.807) is 0 Å². The van der Waals surface area contributed by atoms with Crippen molar-refractivity contribution in [1.82, 2.24) is 15.5 Å². The Morgan fingerprint density at radius 2 is 1.75 bits per heavy atom. The van der Waals surface area contributed by atoms with Gasteiger partial charge in [-0.25, -0.2) is 4.79 Å². The van der Waals surface area contributed by atoms with Gasteiger partial charge in [0.2, 0.25) is 17.7 Å². The molecule has 32 heavy (non-hydrogen) atoms. The molecule has 1 rings (SSSR count). The second-order valence-electron chi connectivity index (χ2n) is 8.84. The van der Waals surface area contributed by atoms with E-state index < -0.39 is 54.0 Å². The molecule has 1 saturated heterocycles. The summed E-state index contributed by atoms with van der Waals surface area (Å²) in [7, 11) is 0. The number of unbranched alkanes of at least 4 members (excludes halogenated alkanes) is 1. The Balaban J connectivity index is 2.94. The molecule has 0 aromatic heterocycles. The van der Waals surface area contributed by atoms with Gasteiger partial charge in [0, 0.05) is 6.54 Å². The summed E-state index contributed by atoms with van der Waals surface area (Å²) in [4.78, 5) is 51.1. The number of nitrogens with two attached hydrogens (primary N) is 2. The van der Waals surface area contributed by atoms with Crippen LogP contribution in [-0.2, 0) is 19.2 Å². The standard InChI is InChI=1S/C21H39N5O6/c1-12(2)11-14(23)18(28)25-17(13(3)27)19(29)24-15(7-4-5-9-22)20(30)26-10-6-8-16(26)21(31)32/h12-17,27H,4-11,22-23H2,1-3H3,(H,24,29)(H,25,28)(H,31,32). The van der Waals surface area contributed by atoms with Gasteiger partial charge in [0.15, 0.2) is 0 Å². The van der Waals surface area contributed by atoms with Crippen molar-refractivity contribution in [3.05, 3.63) is 0 Å². The van der Waals surface area contributed by atoms with Crippen LogP contribution in [0, 0.1) is 5.92 Å². The van der Waals surface area contributed by atoms with Crippen molar-refractivity contribution in [3.8, 4) is 0 Å². The Morgan fingerprint density at radius 3 is 2.28 bits per heavy atom. The molecule has 11 heteroatoms. The first kappa shape index (κ1) is 27.8. The average molecular weight is 458 g/mol. The number of carboxylic acids is 1. The van der Waals surface area contributed by atoms with Crippen molar-refractivity contribution in [3.63, 3.8) is 0 Å². The fourth-order valence-corrected chi connectivity index (χ4v) is 3.78. The van der Waals surface area contributed by atoms with Crippen molar-refractivity contribution >= 4 is 23.7 Å². The summed E-state index contributed by atoms with van der Waals surface area (Å²) in [6, 6.07) is -4.07. The normalized spacial score (nSPS) is 19.8. The summed E-state index contributed by atoms with van der Waals surface area (Å²) in [5.74, 6) is -2.72. The van der Waals surface area contributed by atoms with Crippen molar-refractivity contribution < 1.29 is 29.4 Å². The highest BCUT2D eigenvalue weighted by Crippen LogP contribution is 2.20. The van der Waals surface area contributed by atoms with Crippen LogP contribution in [0.1, 0.15) is 59.3 Å². The molecule has 5 unspecified atom stereocenters. The van der Waals surface area contributed by atoms with Gasteiger partial charge in [-0.1, -0.05) is 13.8 Å². The van der Waals surface area contributed by atoms with Gasteiger partial charge in [0.1, 0.15) is 18.1 Å². The predicted molar refractivity (Wildman–Crippen MR) is 118 cm³/mol. The zero-order valence-corrected chi connectivity index (χ0v) is 19.3. The van der Waals surface area contributed by atoms with E-state index in [1.807, 2.05) is 13.8 Å². The number of carboxylic acid groups (broad SMARTS) is 1. The third-order valence-electron chi connectivity index (χ3n) is 5.51. The van der Waals surface area contributed by atoms with Crippen LogP contribution in [0.25, 0.3) is 0 Å². The van der Waals surface area contributed by atoms with Gasteiger partial charge >= 0.3 is 5.97 Å². The number of likely N-dealkylation sites (tertiary alicyclic amines) is 1. The molecule has 1 aliphatic heterocycles. The van der Waals surface area contributed by atoms with Gasteiger partial charge in [-0.05, 0) is 57.9 Å². The quantitative estimate of drug-likeness (QED) is 0.188. The topological polar surface area (TPSA) is 188 Å². The molecule has 11 nitrogen and oxygen atoms in total. The number of nitrogens with zero attached hydrogens (tertiary/aromatic N) is 1.